The van der Waals surface area contributed by atoms with Gasteiger partial charge in [0.1, 0.15) is 12.9 Å². The third-order valence-electron chi connectivity index (χ3n) is 6.64. The summed E-state index contributed by atoms with van der Waals surface area (Å²) in [5.41, 5.74) is 6.05. The van der Waals surface area contributed by atoms with Gasteiger partial charge in [-0.3, -0.25) is 0 Å². The molecule has 0 bridgehead atoms. The molecule has 32 heavy (non-hydrogen) atoms. The minimum absolute atomic E-state index is 0.181. The third kappa shape index (κ3) is 4.07. The summed E-state index contributed by atoms with van der Waals surface area (Å²) in [6.07, 6.45) is 2.12. The largest absolute Gasteiger partial charge is 0.220 e. The Morgan fingerprint density at radius 2 is 1.47 bits per heavy atom. The van der Waals surface area contributed by atoms with Crippen LogP contribution >= 0.6 is 0 Å². The van der Waals surface area contributed by atoms with Crippen LogP contribution in [0.4, 0.5) is 4.39 Å². The minimum Gasteiger partial charge on any atom is -0.206 e. The molecule has 0 aliphatic heterocycles. The highest BCUT2D eigenvalue weighted by Crippen LogP contribution is 2.37. The maximum atomic E-state index is 14.9. The molecule has 0 aliphatic carbocycles. The Balaban J connectivity index is 1.93. The van der Waals surface area contributed by atoms with Gasteiger partial charge in [-0.2, -0.15) is 0 Å². The first kappa shape index (κ1) is 22.2. The van der Waals surface area contributed by atoms with Gasteiger partial charge in [-0.25, -0.2) is 8.96 Å². The lowest BCUT2D eigenvalue weighted by Gasteiger charge is -2.25. The van der Waals surface area contributed by atoms with E-state index in [9.17, 15) is 4.39 Å². The van der Waals surface area contributed by atoms with Crippen LogP contribution in [0.2, 0.25) is 0 Å². The van der Waals surface area contributed by atoms with Crippen molar-refractivity contribution in [1.29, 1.82) is 0 Å². The predicted molar refractivity (Wildman–Crippen MR) is 133 cm³/mol. The van der Waals surface area contributed by atoms with Crippen molar-refractivity contribution in [2.75, 3.05) is 0 Å². The molecule has 0 radical (unpaired) electrons. The van der Waals surface area contributed by atoms with E-state index in [2.05, 4.69) is 69.8 Å². The molecule has 0 aliphatic rings. The number of hydrogen-bond acceptors (Lipinski definition) is 0. The van der Waals surface area contributed by atoms with Gasteiger partial charge in [-0.1, -0.05) is 70.2 Å². The fraction of sp³-hybridized carbons (Fsp3) is 0.300. The fourth-order valence-electron chi connectivity index (χ4n) is 5.24. The van der Waals surface area contributed by atoms with Crippen molar-refractivity contribution in [3.8, 4) is 22.4 Å². The lowest BCUT2D eigenvalue weighted by atomic mass is 9.79. The molecular formula is C30H33FN+. The molecule has 0 spiro atoms. The smallest absolute Gasteiger partial charge is 0.206 e. The van der Waals surface area contributed by atoms with E-state index in [4.69, 9.17) is 0 Å². The summed E-state index contributed by atoms with van der Waals surface area (Å²) in [5, 5.41) is 2.42. The highest BCUT2D eigenvalue weighted by molar-refractivity contribution is 5.94. The molecule has 0 atom stereocenters. The molecule has 0 fully saturated rings. The zero-order valence-electron chi connectivity index (χ0n) is 20.0. The second kappa shape index (κ2) is 8.86. The van der Waals surface area contributed by atoms with E-state index >= 15 is 0 Å². The van der Waals surface area contributed by atoms with Crippen LogP contribution in [0.15, 0.2) is 72.9 Å². The van der Waals surface area contributed by atoms with Gasteiger partial charge in [0, 0.05) is 11.6 Å². The molecule has 3 aromatic carbocycles. The number of halogens is 1. The molecule has 0 saturated carbocycles. The van der Waals surface area contributed by atoms with E-state index in [1.807, 2.05) is 43.3 Å². The SMILES string of the molecule is Cc1cc(F)c(-c2ccccc2)cc1-c1c2ccc(C(C(C)C)C(C)C)cc2cc[n+]1C. The number of rotatable bonds is 5. The lowest BCUT2D eigenvalue weighted by Crippen LogP contribution is -2.30. The van der Waals surface area contributed by atoms with Crippen molar-refractivity contribution in [2.24, 2.45) is 18.9 Å². The Kier molecular flexibility index (Phi) is 6.15. The van der Waals surface area contributed by atoms with Gasteiger partial charge in [0.15, 0.2) is 6.20 Å². The Hall–Kier alpha value is -3.00. The molecule has 0 unspecified atom stereocenters. The van der Waals surface area contributed by atoms with Crippen molar-refractivity contribution in [3.63, 3.8) is 0 Å². The molecule has 4 aromatic rings. The molecule has 0 saturated heterocycles. The van der Waals surface area contributed by atoms with Crippen LogP contribution in [0, 0.1) is 24.6 Å². The molecule has 0 N–H and O–H groups in total. The van der Waals surface area contributed by atoms with E-state index in [1.54, 1.807) is 6.07 Å². The number of aryl methyl sites for hydroxylation is 2. The summed E-state index contributed by atoms with van der Waals surface area (Å²) >= 11 is 0. The normalized spacial score (nSPS) is 11.8. The molecular weight excluding hydrogens is 393 g/mol. The minimum atomic E-state index is -0.181. The molecule has 2 heteroatoms. The van der Waals surface area contributed by atoms with E-state index in [0.717, 1.165) is 22.4 Å². The Labute approximate surface area is 191 Å². The van der Waals surface area contributed by atoms with Crippen LogP contribution in [0.25, 0.3) is 33.2 Å². The van der Waals surface area contributed by atoms with Gasteiger partial charge >= 0.3 is 0 Å². The number of hydrogen-bond donors (Lipinski definition) is 0. The average Bonchev–Trinajstić information content (AvgIpc) is 2.75. The molecule has 0 amide bonds. The quantitative estimate of drug-likeness (QED) is 0.286. The van der Waals surface area contributed by atoms with E-state index in [-0.39, 0.29) is 5.82 Å². The number of benzene rings is 3. The molecule has 1 heterocycles. The summed E-state index contributed by atoms with van der Waals surface area (Å²) in [5.74, 6) is 1.51. The number of fused-ring (bicyclic) bond motifs is 1. The van der Waals surface area contributed by atoms with Crippen LogP contribution in [0.1, 0.15) is 44.7 Å². The maximum Gasteiger partial charge on any atom is 0.220 e. The third-order valence-corrected chi connectivity index (χ3v) is 6.64. The Bertz CT molecular complexity index is 1250. The highest BCUT2D eigenvalue weighted by atomic mass is 19.1. The van der Waals surface area contributed by atoms with Crippen molar-refractivity contribution in [1.82, 2.24) is 0 Å². The Morgan fingerprint density at radius 3 is 2.12 bits per heavy atom. The van der Waals surface area contributed by atoms with Gasteiger partial charge in [0.2, 0.25) is 5.69 Å². The molecule has 4 rings (SSSR count). The van der Waals surface area contributed by atoms with Crippen molar-refractivity contribution in [3.05, 3.63) is 89.9 Å². The maximum absolute atomic E-state index is 14.9. The van der Waals surface area contributed by atoms with Crippen molar-refractivity contribution >= 4 is 10.8 Å². The van der Waals surface area contributed by atoms with E-state index in [1.165, 1.54) is 16.3 Å². The van der Waals surface area contributed by atoms with Gasteiger partial charge in [0.05, 0.1) is 10.9 Å². The monoisotopic (exact) mass is 426 g/mol. The van der Waals surface area contributed by atoms with Crippen LogP contribution in [-0.2, 0) is 7.05 Å². The van der Waals surface area contributed by atoms with Crippen molar-refractivity contribution < 1.29 is 8.96 Å². The number of pyridine rings is 1. The van der Waals surface area contributed by atoms with Gasteiger partial charge in [0.25, 0.3) is 0 Å². The summed E-state index contributed by atoms with van der Waals surface area (Å²) in [7, 11) is 2.07. The van der Waals surface area contributed by atoms with E-state index in [0.29, 0.717) is 23.3 Å². The summed E-state index contributed by atoms with van der Waals surface area (Å²) in [6, 6.07) is 22.5. The molecule has 1 nitrogen and oxygen atoms in total. The van der Waals surface area contributed by atoms with E-state index < -0.39 is 0 Å². The highest BCUT2D eigenvalue weighted by Gasteiger charge is 2.23. The average molecular weight is 427 g/mol. The zero-order chi connectivity index (χ0) is 23.0. The summed E-state index contributed by atoms with van der Waals surface area (Å²) in [6.45, 7) is 11.2. The van der Waals surface area contributed by atoms with Crippen molar-refractivity contribution in [2.45, 2.75) is 40.5 Å². The molecule has 164 valence electrons. The van der Waals surface area contributed by atoms with Crippen LogP contribution < -0.4 is 4.57 Å². The van der Waals surface area contributed by atoms with Crippen LogP contribution in [0.3, 0.4) is 0 Å². The summed E-state index contributed by atoms with van der Waals surface area (Å²) in [4.78, 5) is 0. The summed E-state index contributed by atoms with van der Waals surface area (Å²) < 4.78 is 17.1. The fourth-order valence-corrected chi connectivity index (χ4v) is 5.24. The Morgan fingerprint density at radius 1 is 0.781 bits per heavy atom. The number of nitrogens with zero attached hydrogens (tertiary/aromatic N) is 1. The van der Waals surface area contributed by atoms with Gasteiger partial charge in [-0.15, -0.1) is 0 Å². The molecule has 1 aromatic heterocycles. The first-order chi connectivity index (χ1) is 15.3. The van der Waals surface area contributed by atoms with Crippen LogP contribution in [-0.4, -0.2) is 0 Å². The second-order valence-corrected chi connectivity index (χ2v) is 9.65. The first-order valence-corrected chi connectivity index (χ1v) is 11.6. The van der Waals surface area contributed by atoms with Gasteiger partial charge in [-0.05, 0) is 65.0 Å². The standard InChI is InChI=1S/C30H33FN/c1-19(2)29(20(3)4)24-12-13-25-23(17-24)14-15-32(6)30(25)26-18-27(28(31)16-21(26)5)22-10-8-7-9-11-22/h7-20,29H,1-6H3/q+1. The number of aromatic nitrogens is 1. The first-order valence-electron chi connectivity index (χ1n) is 11.6. The van der Waals surface area contributed by atoms with Gasteiger partial charge < -0.3 is 0 Å². The predicted octanol–water partition coefficient (Wildman–Crippen LogP) is 7.84. The zero-order valence-corrected chi connectivity index (χ0v) is 20.0. The van der Waals surface area contributed by atoms with Crippen LogP contribution in [0.5, 0.6) is 0 Å². The second-order valence-electron chi connectivity index (χ2n) is 9.65. The lowest BCUT2D eigenvalue weighted by molar-refractivity contribution is -0.659. The topological polar surface area (TPSA) is 3.88 Å².